The molecule has 2 aromatic rings. The smallest absolute Gasteiger partial charge is 0.224 e. The Bertz CT molecular complexity index is 502. The molecule has 0 bridgehead atoms. The van der Waals surface area contributed by atoms with Gasteiger partial charge < -0.3 is 10.6 Å². The van der Waals surface area contributed by atoms with Crippen LogP contribution in [0.5, 0.6) is 0 Å². The zero-order chi connectivity index (χ0) is 13.0. The van der Waals surface area contributed by atoms with Crippen LogP contribution in [0, 0.1) is 0 Å². The summed E-state index contributed by atoms with van der Waals surface area (Å²) in [7, 11) is 0. The van der Waals surface area contributed by atoms with Gasteiger partial charge in [-0.25, -0.2) is 9.97 Å². The molecule has 0 saturated heterocycles. The summed E-state index contributed by atoms with van der Waals surface area (Å²) in [4.78, 5) is 12.9. The van der Waals surface area contributed by atoms with Crippen LogP contribution in [0.3, 0.4) is 0 Å². The molecule has 0 aliphatic heterocycles. The number of rotatable bonds is 5. The van der Waals surface area contributed by atoms with E-state index in [1.165, 1.54) is 0 Å². The van der Waals surface area contributed by atoms with E-state index in [2.05, 4.69) is 48.4 Å². The van der Waals surface area contributed by atoms with E-state index < -0.39 is 0 Å². The van der Waals surface area contributed by atoms with Crippen molar-refractivity contribution in [1.29, 1.82) is 0 Å². The SMILES string of the molecule is CCNc1ncc(Br)c(NC(C)c2nccs2)n1. The van der Waals surface area contributed by atoms with Gasteiger partial charge in [-0.2, -0.15) is 4.98 Å². The highest BCUT2D eigenvalue weighted by atomic mass is 79.9. The van der Waals surface area contributed by atoms with Gasteiger partial charge in [0.15, 0.2) is 0 Å². The third kappa shape index (κ3) is 3.17. The van der Waals surface area contributed by atoms with Gasteiger partial charge in [-0.15, -0.1) is 11.3 Å². The highest BCUT2D eigenvalue weighted by Gasteiger charge is 2.11. The number of halogens is 1. The predicted molar refractivity (Wildman–Crippen MR) is 78.0 cm³/mol. The molecule has 0 aliphatic rings. The first kappa shape index (κ1) is 13.2. The minimum Gasteiger partial charge on any atom is -0.360 e. The monoisotopic (exact) mass is 327 g/mol. The topological polar surface area (TPSA) is 62.7 Å². The molecule has 0 fully saturated rings. The molecule has 0 aliphatic carbocycles. The second-order valence-electron chi connectivity index (χ2n) is 3.66. The Morgan fingerprint density at radius 3 is 2.94 bits per heavy atom. The van der Waals surface area contributed by atoms with E-state index >= 15 is 0 Å². The molecule has 0 spiro atoms. The normalized spacial score (nSPS) is 12.2. The average Bonchev–Trinajstić information content (AvgIpc) is 2.87. The van der Waals surface area contributed by atoms with Crippen LogP contribution < -0.4 is 10.6 Å². The average molecular weight is 328 g/mol. The van der Waals surface area contributed by atoms with Crippen molar-refractivity contribution in [2.45, 2.75) is 19.9 Å². The fraction of sp³-hybridized carbons (Fsp3) is 0.364. The van der Waals surface area contributed by atoms with Gasteiger partial charge in [0.1, 0.15) is 10.8 Å². The first-order chi connectivity index (χ1) is 8.70. The number of hydrogen-bond donors (Lipinski definition) is 2. The standard InChI is InChI=1S/C11H14BrN5S/c1-3-13-11-15-6-8(12)9(17-11)16-7(2)10-14-4-5-18-10/h4-7H,3H2,1-2H3,(H2,13,15,16,17). The van der Waals surface area contributed by atoms with E-state index in [9.17, 15) is 0 Å². The third-order valence-corrected chi connectivity index (χ3v) is 3.79. The molecule has 2 heterocycles. The Kier molecular flexibility index (Phi) is 4.48. The highest BCUT2D eigenvalue weighted by molar-refractivity contribution is 9.10. The molecule has 0 amide bonds. The summed E-state index contributed by atoms with van der Waals surface area (Å²) >= 11 is 5.06. The van der Waals surface area contributed by atoms with Crippen molar-refractivity contribution in [3.8, 4) is 0 Å². The van der Waals surface area contributed by atoms with Gasteiger partial charge in [0, 0.05) is 24.3 Å². The second kappa shape index (κ2) is 6.10. The molecule has 1 unspecified atom stereocenters. The third-order valence-electron chi connectivity index (χ3n) is 2.25. The van der Waals surface area contributed by atoms with Crippen molar-refractivity contribution in [1.82, 2.24) is 15.0 Å². The Hall–Kier alpha value is -1.21. The van der Waals surface area contributed by atoms with E-state index in [1.807, 2.05) is 12.3 Å². The van der Waals surface area contributed by atoms with Crippen LogP contribution in [0.25, 0.3) is 0 Å². The maximum atomic E-state index is 4.41. The van der Waals surface area contributed by atoms with Crippen molar-refractivity contribution < 1.29 is 0 Å². The maximum Gasteiger partial charge on any atom is 0.224 e. The van der Waals surface area contributed by atoms with Gasteiger partial charge in [-0.3, -0.25) is 0 Å². The molecule has 5 nitrogen and oxygen atoms in total. The van der Waals surface area contributed by atoms with Crippen LogP contribution in [-0.4, -0.2) is 21.5 Å². The summed E-state index contributed by atoms with van der Waals surface area (Å²) in [5.74, 6) is 1.39. The van der Waals surface area contributed by atoms with E-state index in [1.54, 1.807) is 23.7 Å². The summed E-state index contributed by atoms with van der Waals surface area (Å²) in [6.07, 6.45) is 3.54. The van der Waals surface area contributed by atoms with E-state index in [0.29, 0.717) is 5.95 Å². The minimum absolute atomic E-state index is 0.116. The quantitative estimate of drug-likeness (QED) is 0.882. The van der Waals surface area contributed by atoms with Gasteiger partial charge in [0.2, 0.25) is 5.95 Å². The minimum atomic E-state index is 0.116. The fourth-order valence-electron chi connectivity index (χ4n) is 1.43. The van der Waals surface area contributed by atoms with Crippen molar-refractivity contribution in [3.63, 3.8) is 0 Å². The maximum absolute atomic E-state index is 4.41. The van der Waals surface area contributed by atoms with Gasteiger partial charge in [-0.05, 0) is 29.8 Å². The number of nitrogens with one attached hydrogen (secondary N) is 2. The highest BCUT2D eigenvalue weighted by Crippen LogP contribution is 2.25. The number of thiazole rings is 1. The second-order valence-corrected chi connectivity index (χ2v) is 5.44. The molecule has 0 aromatic carbocycles. The molecule has 2 aromatic heterocycles. The molecule has 2 N–H and O–H groups in total. The molecular weight excluding hydrogens is 314 g/mol. The summed E-state index contributed by atoms with van der Waals surface area (Å²) in [5.41, 5.74) is 0. The predicted octanol–water partition coefficient (Wildman–Crippen LogP) is 3.30. The first-order valence-electron chi connectivity index (χ1n) is 5.63. The molecular formula is C11H14BrN5S. The zero-order valence-corrected chi connectivity index (χ0v) is 12.5. The van der Waals surface area contributed by atoms with Crippen LogP contribution in [0.15, 0.2) is 22.2 Å². The number of anilines is 2. The van der Waals surface area contributed by atoms with Gasteiger partial charge >= 0.3 is 0 Å². The lowest BCUT2D eigenvalue weighted by molar-refractivity contribution is 0.856. The Morgan fingerprint density at radius 2 is 2.28 bits per heavy atom. The van der Waals surface area contributed by atoms with E-state index in [-0.39, 0.29) is 6.04 Å². The van der Waals surface area contributed by atoms with Crippen LogP contribution in [0.1, 0.15) is 24.9 Å². The Labute approximate surface area is 118 Å². The van der Waals surface area contributed by atoms with Crippen LogP contribution in [-0.2, 0) is 0 Å². The van der Waals surface area contributed by atoms with E-state index in [4.69, 9.17) is 0 Å². The van der Waals surface area contributed by atoms with Crippen molar-refractivity contribution in [2.24, 2.45) is 0 Å². The molecule has 2 rings (SSSR count). The molecule has 7 heteroatoms. The van der Waals surface area contributed by atoms with Gasteiger partial charge in [0.25, 0.3) is 0 Å². The Balaban J connectivity index is 2.15. The summed E-state index contributed by atoms with van der Waals surface area (Å²) in [6.45, 7) is 4.86. The van der Waals surface area contributed by atoms with E-state index in [0.717, 1.165) is 21.8 Å². The summed E-state index contributed by atoms with van der Waals surface area (Å²) in [5, 5.41) is 9.41. The van der Waals surface area contributed by atoms with Crippen molar-refractivity contribution >= 4 is 39.0 Å². The lowest BCUT2D eigenvalue weighted by Gasteiger charge is -2.14. The number of nitrogens with zero attached hydrogens (tertiary/aromatic N) is 3. The molecule has 0 radical (unpaired) electrons. The summed E-state index contributed by atoms with van der Waals surface area (Å²) < 4.78 is 0.840. The molecule has 18 heavy (non-hydrogen) atoms. The van der Waals surface area contributed by atoms with Crippen LogP contribution in [0.2, 0.25) is 0 Å². The van der Waals surface area contributed by atoms with Crippen LogP contribution >= 0.6 is 27.3 Å². The first-order valence-corrected chi connectivity index (χ1v) is 7.30. The number of aromatic nitrogens is 3. The number of hydrogen-bond acceptors (Lipinski definition) is 6. The largest absolute Gasteiger partial charge is 0.360 e. The zero-order valence-electron chi connectivity index (χ0n) is 10.1. The molecule has 1 atom stereocenters. The fourth-order valence-corrected chi connectivity index (χ4v) is 2.38. The Morgan fingerprint density at radius 1 is 1.44 bits per heavy atom. The summed E-state index contributed by atoms with van der Waals surface area (Å²) in [6, 6.07) is 0.116. The lowest BCUT2D eigenvalue weighted by Crippen LogP contribution is -2.10. The van der Waals surface area contributed by atoms with Crippen molar-refractivity contribution in [2.75, 3.05) is 17.2 Å². The van der Waals surface area contributed by atoms with Gasteiger partial charge in [-0.1, -0.05) is 0 Å². The molecule has 96 valence electrons. The lowest BCUT2D eigenvalue weighted by atomic mass is 10.3. The molecule has 0 saturated carbocycles. The van der Waals surface area contributed by atoms with Crippen molar-refractivity contribution in [3.05, 3.63) is 27.3 Å². The van der Waals surface area contributed by atoms with Crippen LogP contribution in [0.4, 0.5) is 11.8 Å². The van der Waals surface area contributed by atoms with Gasteiger partial charge in [0.05, 0.1) is 10.5 Å².